The Morgan fingerprint density at radius 2 is 2.05 bits per heavy atom. The molecule has 0 saturated carbocycles. The van der Waals surface area contributed by atoms with Gasteiger partial charge in [-0.3, -0.25) is 9.59 Å². The molecule has 2 N–H and O–H groups in total. The summed E-state index contributed by atoms with van der Waals surface area (Å²) in [4.78, 5) is 35.6. The lowest BCUT2D eigenvalue weighted by molar-refractivity contribution is -0.144. The minimum Gasteiger partial charge on any atom is -0.481 e. The first-order valence-electron chi connectivity index (χ1n) is 6.62. The van der Waals surface area contributed by atoms with Gasteiger partial charge in [0.15, 0.2) is 0 Å². The predicted octanol–water partition coefficient (Wildman–Crippen LogP) is 0.834. The number of esters is 1. The second-order valence-corrected chi connectivity index (χ2v) is 5.66. The van der Waals surface area contributed by atoms with E-state index in [9.17, 15) is 14.4 Å². The van der Waals surface area contributed by atoms with E-state index < -0.39 is 11.5 Å². The van der Waals surface area contributed by atoms with Gasteiger partial charge < -0.3 is 20.1 Å². The van der Waals surface area contributed by atoms with Gasteiger partial charge in [0.05, 0.1) is 13.0 Å². The zero-order valence-electron chi connectivity index (χ0n) is 12.1. The summed E-state index contributed by atoms with van der Waals surface area (Å²) >= 11 is 0. The van der Waals surface area contributed by atoms with Crippen LogP contribution in [0, 0.1) is 5.92 Å². The van der Waals surface area contributed by atoms with Gasteiger partial charge >= 0.3 is 18.0 Å². The molecule has 0 aromatic carbocycles. The zero-order chi connectivity index (χ0) is 15.3. The molecule has 0 aliphatic carbocycles. The van der Waals surface area contributed by atoms with Crippen LogP contribution in [0.4, 0.5) is 4.79 Å². The van der Waals surface area contributed by atoms with Gasteiger partial charge in [0.1, 0.15) is 0 Å². The van der Waals surface area contributed by atoms with Gasteiger partial charge in [-0.15, -0.1) is 0 Å². The van der Waals surface area contributed by atoms with Crippen LogP contribution in [-0.2, 0) is 14.3 Å². The van der Waals surface area contributed by atoms with E-state index in [0.29, 0.717) is 25.9 Å². The summed E-state index contributed by atoms with van der Waals surface area (Å²) in [7, 11) is 1.33. The first-order chi connectivity index (χ1) is 9.25. The molecule has 0 bridgehead atoms. The van der Waals surface area contributed by atoms with Crippen molar-refractivity contribution >= 4 is 18.0 Å². The zero-order valence-corrected chi connectivity index (χ0v) is 12.1. The molecule has 0 radical (unpaired) electrons. The van der Waals surface area contributed by atoms with E-state index in [1.807, 2.05) is 0 Å². The topological polar surface area (TPSA) is 95.9 Å². The summed E-state index contributed by atoms with van der Waals surface area (Å²) in [5, 5.41) is 11.5. The Morgan fingerprint density at radius 3 is 2.60 bits per heavy atom. The van der Waals surface area contributed by atoms with Crippen LogP contribution in [0.1, 0.15) is 33.1 Å². The molecule has 1 heterocycles. The summed E-state index contributed by atoms with van der Waals surface area (Å²) in [5.41, 5.74) is -0.598. The molecule has 1 atom stereocenters. The SMILES string of the molecule is COC(=O)C1CCN(C(=O)NC(C)(C)CCC(=O)O)C1. The third-order valence-electron chi connectivity index (χ3n) is 3.42. The van der Waals surface area contributed by atoms with E-state index in [4.69, 9.17) is 5.11 Å². The summed E-state index contributed by atoms with van der Waals surface area (Å²) in [6, 6.07) is -0.271. The molecule has 1 unspecified atom stereocenters. The fourth-order valence-electron chi connectivity index (χ4n) is 2.15. The monoisotopic (exact) mass is 286 g/mol. The third-order valence-corrected chi connectivity index (χ3v) is 3.42. The molecule has 20 heavy (non-hydrogen) atoms. The largest absolute Gasteiger partial charge is 0.481 e. The van der Waals surface area contributed by atoms with Gasteiger partial charge in [-0.25, -0.2) is 4.79 Å². The Hall–Kier alpha value is -1.79. The lowest BCUT2D eigenvalue weighted by atomic mass is 9.99. The van der Waals surface area contributed by atoms with Crippen LogP contribution in [0.25, 0.3) is 0 Å². The Morgan fingerprint density at radius 1 is 1.40 bits per heavy atom. The van der Waals surface area contributed by atoms with E-state index in [1.54, 1.807) is 18.7 Å². The van der Waals surface area contributed by atoms with Gasteiger partial charge in [-0.2, -0.15) is 0 Å². The molecule has 7 nitrogen and oxygen atoms in total. The summed E-state index contributed by atoms with van der Waals surface area (Å²) in [5.74, 6) is -1.46. The summed E-state index contributed by atoms with van der Waals surface area (Å²) in [6.07, 6.45) is 0.941. The average Bonchev–Trinajstić information content (AvgIpc) is 2.84. The van der Waals surface area contributed by atoms with Crippen LogP contribution in [0.15, 0.2) is 0 Å². The smallest absolute Gasteiger partial charge is 0.317 e. The molecule has 1 saturated heterocycles. The number of hydrogen-bond donors (Lipinski definition) is 2. The van der Waals surface area contributed by atoms with Gasteiger partial charge in [-0.1, -0.05) is 0 Å². The number of carbonyl (C=O) groups excluding carboxylic acids is 2. The van der Waals surface area contributed by atoms with E-state index >= 15 is 0 Å². The second kappa shape index (κ2) is 6.58. The molecule has 1 fully saturated rings. The number of carboxylic acids is 1. The number of nitrogens with one attached hydrogen (secondary N) is 1. The van der Waals surface area contributed by atoms with Crippen LogP contribution < -0.4 is 5.32 Å². The van der Waals surface area contributed by atoms with E-state index in [2.05, 4.69) is 10.1 Å². The number of carbonyl (C=O) groups is 3. The number of carboxylic acid groups (broad SMARTS) is 1. The molecule has 114 valence electrons. The van der Waals surface area contributed by atoms with Crippen molar-refractivity contribution in [3.8, 4) is 0 Å². The van der Waals surface area contributed by atoms with Crippen molar-refractivity contribution in [1.29, 1.82) is 0 Å². The standard InChI is InChI=1S/C13H22N2O5/c1-13(2,6-4-10(16)17)14-12(19)15-7-5-9(8-15)11(18)20-3/h9H,4-8H2,1-3H3,(H,14,19)(H,16,17). The minimum atomic E-state index is -0.890. The molecule has 1 aliphatic rings. The van der Waals surface area contributed by atoms with Crippen LogP contribution in [0.3, 0.4) is 0 Å². The second-order valence-electron chi connectivity index (χ2n) is 5.66. The maximum absolute atomic E-state index is 12.1. The molecule has 1 rings (SSSR count). The van der Waals surface area contributed by atoms with Crippen LogP contribution >= 0.6 is 0 Å². The molecular weight excluding hydrogens is 264 g/mol. The average molecular weight is 286 g/mol. The molecule has 2 amide bonds. The van der Waals surface area contributed by atoms with Crippen LogP contribution in [0.5, 0.6) is 0 Å². The molecule has 7 heteroatoms. The molecule has 0 spiro atoms. The van der Waals surface area contributed by atoms with Gasteiger partial charge in [-0.05, 0) is 26.7 Å². The number of nitrogens with zero attached hydrogens (tertiary/aromatic N) is 1. The number of rotatable bonds is 5. The lowest BCUT2D eigenvalue weighted by Crippen LogP contribution is -2.49. The number of ether oxygens (including phenoxy) is 1. The summed E-state index contributed by atoms with van der Waals surface area (Å²) in [6.45, 7) is 4.40. The minimum absolute atomic E-state index is 0.00192. The number of aliphatic carboxylic acids is 1. The van der Waals surface area contributed by atoms with Crippen molar-refractivity contribution in [2.45, 2.75) is 38.6 Å². The fraction of sp³-hybridized carbons (Fsp3) is 0.769. The normalized spacial score (nSPS) is 18.8. The highest BCUT2D eigenvalue weighted by molar-refractivity contribution is 5.78. The molecule has 0 aromatic rings. The van der Waals surface area contributed by atoms with Crippen molar-refractivity contribution in [2.24, 2.45) is 5.92 Å². The first-order valence-corrected chi connectivity index (χ1v) is 6.62. The van der Waals surface area contributed by atoms with Gasteiger partial charge in [0.2, 0.25) is 0 Å². The Labute approximate surface area is 118 Å². The number of urea groups is 1. The maximum Gasteiger partial charge on any atom is 0.317 e. The van der Waals surface area contributed by atoms with Gasteiger partial charge in [0.25, 0.3) is 0 Å². The Bertz CT molecular complexity index is 394. The van der Waals surface area contributed by atoms with Crippen molar-refractivity contribution < 1.29 is 24.2 Å². The summed E-state index contributed by atoms with van der Waals surface area (Å²) < 4.78 is 4.67. The Kier molecular flexibility index (Phi) is 5.35. The molecular formula is C13H22N2O5. The highest BCUT2D eigenvalue weighted by Gasteiger charge is 2.33. The number of hydrogen-bond acceptors (Lipinski definition) is 4. The van der Waals surface area contributed by atoms with E-state index in [-0.39, 0.29) is 24.3 Å². The van der Waals surface area contributed by atoms with Crippen molar-refractivity contribution in [3.05, 3.63) is 0 Å². The predicted molar refractivity (Wildman–Crippen MR) is 71.2 cm³/mol. The van der Waals surface area contributed by atoms with Gasteiger partial charge in [0, 0.05) is 25.0 Å². The highest BCUT2D eigenvalue weighted by atomic mass is 16.5. The third kappa shape index (κ3) is 4.71. The first kappa shape index (κ1) is 16.3. The number of amides is 2. The van der Waals surface area contributed by atoms with Crippen molar-refractivity contribution in [3.63, 3.8) is 0 Å². The van der Waals surface area contributed by atoms with E-state index in [1.165, 1.54) is 7.11 Å². The van der Waals surface area contributed by atoms with Crippen molar-refractivity contribution in [2.75, 3.05) is 20.2 Å². The maximum atomic E-state index is 12.1. The van der Waals surface area contributed by atoms with Crippen molar-refractivity contribution in [1.82, 2.24) is 10.2 Å². The number of likely N-dealkylation sites (tertiary alicyclic amines) is 1. The lowest BCUT2D eigenvalue weighted by Gasteiger charge is -2.28. The van der Waals surface area contributed by atoms with E-state index in [0.717, 1.165) is 0 Å². The highest BCUT2D eigenvalue weighted by Crippen LogP contribution is 2.19. The van der Waals surface area contributed by atoms with Crippen LogP contribution in [0.2, 0.25) is 0 Å². The Balaban J connectivity index is 2.47. The quantitative estimate of drug-likeness (QED) is 0.730. The number of methoxy groups -OCH3 is 1. The fourth-order valence-corrected chi connectivity index (χ4v) is 2.15. The molecule has 0 aromatic heterocycles. The molecule has 1 aliphatic heterocycles. The van der Waals surface area contributed by atoms with Crippen LogP contribution in [-0.4, -0.2) is 53.7 Å².